The third-order valence-electron chi connectivity index (χ3n) is 6.02. The van der Waals surface area contributed by atoms with E-state index in [1.165, 1.54) is 18.6 Å². The number of piperazine rings is 1. The lowest BCUT2D eigenvalue weighted by molar-refractivity contribution is -0.131. The number of hydrogen-bond acceptors (Lipinski definition) is 6. The normalized spacial score (nSPS) is 13.4. The predicted octanol–water partition coefficient (Wildman–Crippen LogP) is 3.26. The van der Waals surface area contributed by atoms with E-state index in [0.29, 0.717) is 32.8 Å². The van der Waals surface area contributed by atoms with E-state index in [1.54, 1.807) is 4.90 Å². The van der Waals surface area contributed by atoms with Crippen molar-refractivity contribution in [2.45, 2.75) is 19.9 Å². The summed E-state index contributed by atoms with van der Waals surface area (Å²) in [5.41, 5.74) is 2.33. The zero-order valence-electron chi connectivity index (χ0n) is 20.0. The Bertz CT molecular complexity index is 1100. The van der Waals surface area contributed by atoms with Gasteiger partial charge in [-0.1, -0.05) is 42.5 Å². The minimum atomic E-state index is -0.230. The number of rotatable bonds is 9. The molecule has 1 saturated heterocycles. The van der Waals surface area contributed by atoms with Gasteiger partial charge in [0.25, 0.3) is 5.91 Å². The second-order valence-electron chi connectivity index (χ2n) is 8.32. The quantitative estimate of drug-likeness (QED) is 0.475. The minimum Gasteiger partial charge on any atom is -0.492 e. The highest BCUT2D eigenvalue weighted by Crippen LogP contribution is 2.28. The maximum absolute atomic E-state index is 13.1. The van der Waals surface area contributed by atoms with Gasteiger partial charge in [-0.2, -0.15) is 0 Å². The van der Waals surface area contributed by atoms with Crippen molar-refractivity contribution in [3.05, 3.63) is 84.4 Å². The molecule has 0 spiro atoms. The molecule has 4 rings (SSSR count). The van der Waals surface area contributed by atoms with Gasteiger partial charge in [-0.3, -0.25) is 14.6 Å². The fourth-order valence-corrected chi connectivity index (χ4v) is 4.21. The molecule has 2 amide bonds. The first-order valence-corrected chi connectivity index (χ1v) is 12.0. The average molecular weight is 474 g/mol. The summed E-state index contributed by atoms with van der Waals surface area (Å²) in [6.45, 7) is 6.06. The van der Waals surface area contributed by atoms with Gasteiger partial charge in [0.1, 0.15) is 11.4 Å². The molecule has 35 heavy (non-hydrogen) atoms. The topological polar surface area (TPSA) is 78.9 Å². The number of benzene rings is 2. The number of aromatic nitrogens is 2. The zero-order valence-corrected chi connectivity index (χ0v) is 20.0. The molecule has 2 aromatic carbocycles. The standard InChI is InChI=1S/C27H31N5O3/c1-2-35-25-11-7-6-10-24(25)30-16-18-31(19-17-30)26(33)12-15-32(21-22-8-4-3-5-9-22)27(34)23-20-28-13-14-29-23/h3-11,13-14,20H,2,12,15-19,21H2,1H3. The Morgan fingerprint density at radius 2 is 1.71 bits per heavy atom. The zero-order chi connectivity index (χ0) is 24.5. The van der Waals surface area contributed by atoms with Crippen molar-refractivity contribution in [2.75, 3.05) is 44.2 Å². The van der Waals surface area contributed by atoms with Crippen LogP contribution in [0.25, 0.3) is 0 Å². The van der Waals surface area contributed by atoms with Crippen molar-refractivity contribution >= 4 is 17.5 Å². The van der Waals surface area contributed by atoms with Gasteiger partial charge in [-0.25, -0.2) is 4.98 Å². The summed E-state index contributed by atoms with van der Waals surface area (Å²) < 4.78 is 5.77. The summed E-state index contributed by atoms with van der Waals surface area (Å²) >= 11 is 0. The molecular weight excluding hydrogens is 442 g/mol. The number of amides is 2. The van der Waals surface area contributed by atoms with Crippen LogP contribution in [0.5, 0.6) is 5.75 Å². The molecule has 2 heterocycles. The van der Waals surface area contributed by atoms with E-state index in [0.717, 1.165) is 30.1 Å². The smallest absolute Gasteiger partial charge is 0.274 e. The van der Waals surface area contributed by atoms with Gasteiger partial charge in [0.2, 0.25) is 5.91 Å². The van der Waals surface area contributed by atoms with Crippen LogP contribution in [0.3, 0.4) is 0 Å². The van der Waals surface area contributed by atoms with Crippen LogP contribution >= 0.6 is 0 Å². The highest BCUT2D eigenvalue weighted by Gasteiger charge is 2.25. The summed E-state index contributed by atoms with van der Waals surface area (Å²) in [7, 11) is 0. The molecule has 0 atom stereocenters. The SMILES string of the molecule is CCOc1ccccc1N1CCN(C(=O)CCN(Cc2ccccc2)C(=O)c2cnccn2)CC1. The molecule has 8 nitrogen and oxygen atoms in total. The van der Waals surface area contributed by atoms with Crippen LogP contribution in [0.4, 0.5) is 5.69 Å². The molecule has 182 valence electrons. The summed E-state index contributed by atoms with van der Waals surface area (Å²) in [5, 5.41) is 0. The Morgan fingerprint density at radius 1 is 0.971 bits per heavy atom. The molecule has 0 unspecified atom stereocenters. The van der Waals surface area contributed by atoms with Crippen molar-refractivity contribution < 1.29 is 14.3 Å². The second-order valence-corrected chi connectivity index (χ2v) is 8.32. The van der Waals surface area contributed by atoms with E-state index in [4.69, 9.17) is 4.74 Å². The highest BCUT2D eigenvalue weighted by atomic mass is 16.5. The first-order chi connectivity index (χ1) is 17.2. The predicted molar refractivity (Wildman–Crippen MR) is 134 cm³/mol. The van der Waals surface area contributed by atoms with Gasteiger partial charge >= 0.3 is 0 Å². The van der Waals surface area contributed by atoms with E-state index >= 15 is 0 Å². The van der Waals surface area contributed by atoms with Crippen LogP contribution in [0.15, 0.2) is 73.2 Å². The lowest BCUT2D eigenvalue weighted by atomic mass is 10.2. The Kier molecular flexibility index (Phi) is 8.27. The molecule has 1 aliphatic heterocycles. The molecule has 8 heteroatoms. The van der Waals surface area contributed by atoms with Crippen LogP contribution in [0.2, 0.25) is 0 Å². The monoisotopic (exact) mass is 473 g/mol. The largest absolute Gasteiger partial charge is 0.492 e. The molecule has 1 aromatic heterocycles. The van der Waals surface area contributed by atoms with E-state index in [9.17, 15) is 9.59 Å². The van der Waals surface area contributed by atoms with Crippen LogP contribution in [0, 0.1) is 0 Å². The van der Waals surface area contributed by atoms with Gasteiger partial charge in [-0.05, 0) is 24.6 Å². The molecule has 3 aromatic rings. The summed E-state index contributed by atoms with van der Waals surface area (Å²) in [6, 6.07) is 17.8. The van der Waals surface area contributed by atoms with E-state index < -0.39 is 0 Å². The molecule has 1 aliphatic rings. The number of carbonyl (C=O) groups is 2. The number of ether oxygens (including phenoxy) is 1. The minimum absolute atomic E-state index is 0.0488. The van der Waals surface area contributed by atoms with Crippen molar-refractivity contribution in [3.8, 4) is 5.75 Å². The van der Waals surface area contributed by atoms with Gasteiger partial charge in [0, 0.05) is 58.1 Å². The molecule has 1 fully saturated rings. The molecule has 0 bridgehead atoms. The van der Waals surface area contributed by atoms with Crippen LogP contribution < -0.4 is 9.64 Å². The number of nitrogens with zero attached hydrogens (tertiary/aromatic N) is 5. The second kappa shape index (κ2) is 12.0. The number of anilines is 1. The molecular formula is C27H31N5O3. The van der Waals surface area contributed by atoms with Gasteiger partial charge < -0.3 is 19.4 Å². The number of carbonyl (C=O) groups excluding carboxylic acids is 2. The third-order valence-corrected chi connectivity index (χ3v) is 6.02. The van der Waals surface area contributed by atoms with Crippen LogP contribution in [-0.4, -0.2) is 70.9 Å². The molecule has 0 N–H and O–H groups in total. The number of para-hydroxylation sites is 2. The van der Waals surface area contributed by atoms with Gasteiger partial charge in [0.05, 0.1) is 18.5 Å². The van der Waals surface area contributed by atoms with Crippen LogP contribution in [-0.2, 0) is 11.3 Å². The summed E-state index contributed by atoms with van der Waals surface area (Å²) in [5.74, 6) is 0.689. The Labute approximate surface area is 206 Å². The first-order valence-electron chi connectivity index (χ1n) is 12.0. The van der Waals surface area contributed by atoms with Crippen molar-refractivity contribution in [3.63, 3.8) is 0 Å². The Morgan fingerprint density at radius 3 is 2.43 bits per heavy atom. The summed E-state index contributed by atoms with van der Waals surface area (Å²) in [4.78, 5) is 40.1. The van der Waals surface area contributed by atoms with E-state index in [2.05, 4.69) is 20.9 Å². The molecule has 0 saturated carbocycles. The summed E-state index contributed by atoms with van der Waals surface area (Å²) in [6.07, 6.45) is 4.76. The van der Waals surface area contributed by atoms with E-state index in [1.807, 2.05) is 60.4 Å². The first kappa shape index (κ1) is 24.2. The molecule has 0 radical (unpaired) electrons. The molecule has 0 aliphatic carbocycles. The fourth-order valence-electron chi connectivity index (χ4n) is 4.21. The van der Waals surface area contributed by atoms with Crippen molar-refractivity contribution in [1.82, 2.24) is 19.8 Å². The van der Waals surface area contributed by atoms with Gasteiger partial charge in [0.15, 0.2) is 0 Å². The maximum atomic E-state index is 13.1. The Hall–Kier alpha value is -3.94. The highest BCUT2D eigenvalue weighted by molar-refractivity contribution is 5.92. The lowest BCUT2D eigenvalue weighted by Crippen LogP contribution is -2.49. The average Bonchev–Trinajstić information content (AvgIpc) is 2.92. The van der Waals surface area contributed by atoms with Crippen molar-refractivity contribution in [1.29, 1.82) is 0 Å². The van der Waals surface area contributed by atoms with Gasteiger partial charge in [-0.15, -0.1) is 0 Å². The fraction of sp³-hybridized carbons (Fsp3) is 0.333. The maximum Gasteiger partial charge on any atom is 0.274 e. The third kappa shape index (κ3) is 6.35. The Balaban J connectivity index is 1.36. The van der Waals surface area contributed by atoms with E-state index in [-0.39, 0.29) is 23.9 Å². The lowest BCUT2D eigenvalue weighted by Gasteiger charge is -2.37. The van der Waals surface area contributed by atoms with Crippen molar-refractivity contribution in [2.24, 2.45) is 0 Å². The number of hydrogen-bond donors (Lipinski definition) is 0. The van der Waals surface area contributed by atoms with Crippen LogP contribution in [0.1, 0.15) is 29.4 Å².